The molecule has 0 saturated carbocycles. The highest BCUT2D eigenvalue weighted by Gasteiger charge is 2.01. The molecule has 1 heterocycles. The van der Waals surface area contributed by atoms with E-state index < -0.39 is 0 Å². The zero-order chi connectivity index (χ0) is 13.0. The number of hydrogen-bond acceptors (Lipinski definition) is 4. The minimum atomic E-state index is 0.318. The topological polar surface area (TPSA) is 50.2 Å². The highest BCUT2D eigenvalue weighted by molar-refractivity contribution is 6.38. The molecule has 0 amide bonds. The Balaban J connectivity index is 2.10. The summed E-state index contributed by atoms with van der Waals surface area (Å²) in [7, 11) is 0. The van der Waals surface area contributed by atoms with Gasteiger partial charge in [-0.3, -0.25) is 5.43 Å². The van der Waals surface area contributed by atoms with Crippen LogP contribution in [-0.4, -0.2) is 16.4 Å². The lowest BCUT2D eigenvalue weighted by Crippen LogP contribution is -1.95. The molecule has 1 aromatic heterocycles. The number of nitrogens with one attached hydrogen (secondary N) is 1. The zero-order valence-corrected chi connectivity index (χ0v) is 11.2. The first kappa shape index (κ1) is 13.1. The molecular weight excluding hydrogens is 295 g/mol. The van der Waals surface area contributed by atoms with Crippen LogP contribution < -0.4 is 5.43 Å². The molecule has 4 nitrogen and oxygen atoms in total. The SMILES string of the molecule is Clc1ccc(N/N=C\c2c(Cl)cccc2Cl)nn1. The van der Waals surface area contributed by atoms with Crippen molar-refractivity contribution >= 4 is 46.8 Å². The van der Waals surface area contributed by atoms with Crippen molar-refractivity contribution in [3.8, 4) is 0 Å². The van der Waals surface area contributed by atoms with Gasteiger partial charge in [0.05, 0.1) is 16.3 Å². The second kappa shape index (κ2) is 6.00. The number of rotatable bonds is 3. The smallest absolute Gasteiger partial charge is 0.168 e. The number of anilines is 1. The third-order valence-electron chi connectivity index (χ3n) is 2.00. The average molecular weight is 302 g/mol. The van der Waals surface area contributed by atoms with Gasteiger partial charge >= 0.3 is 0 Å². The predicted octanol–water partition coefficient (Wildman–Crippen LogP) is 3.88. The summed E-state index contributed by atoms with van der Waals surface area (Å²) in [5, 5.41) is 12.8. The molecule has 0 spiro atoms. The summed E-state index contributed by atoms with van der Waals surface area (Å²) in [4.78, 5) is 0. The Bertz CT molecular complexity index is 549. The first-order valence-corrected chi connectivity index (χ1v) is 6.02. The van der Waals surface area contributed by atoms with Crippen LogP contribution in [0.5, 0.6) is 0 Å². The summed E-state index contributed by atoms with van der Waals surface area (Å²) in [6.07, 6.45) is 1.51. The highest BCUT2D eigenvalue weighted by Crippen LogP contribution is 2.22. The van der Waals surface area contributed by atoms with Gasteiger partial charge in [0.2, 0.25) is 0 Å². The summed E-state index contributed by atoms with van der Waals surface area (Å²) in [6.45, 7) is 0. The Morgan fingerprint density at radius 3 is 2.33 bits per heavy atom. The highest BCUT2D eigenvalue weighted by atomic mass is 35.5. The van der Waals surface area contributed by atoms with Gasteiger partial charge in [0.25, 0.3) is 0 Å². The monoisotopic (exact) mass is 300 g/mol. The number of benzene rings is 1. The van der Waals surface area contributed by atoms with Gasteiger partial charge in [0, 0.05) is 5.56 Å². The summed E-state index contributed by atoms with van der Waals surface area (Å²) >= 11 is 17.6. The van der Waals surface area contributed by atoms with Crippen LogP contribution in [0.15, 0.2) is 35.4 Å². The molecule has 18 heavy (non-hydrogen) atoms. The van der Waals surface area contributed by atoms with Crippen molar-refractivity contribution < 1.29 is 0 Å². The summed E-state index contributed by atoms with van der Waals surface area (Å²) in [5.74, 6) is 0.471. The van der Waals surface area contributed by atoms with Gasteiger partial charge < -0.3 is 0 Å². The van der Waals surface area contributed by atoms with Crippen LogP contribution in [0.4, 0.5) is 5.82 Å². The third kappa shape index (κ3) is 3.32. The van der Waals surface area contributed by atoms with E-state index in [2.05, 4.69) is 20.7 Å². The van der Waals surface area contributed by atoms with Crippen LogP contribution in [0.2, 0.25) is 15.2 Å². The molecule has 2 rings (SSSR count). The number of hydrogen-bond donors (Lipinski definition) is 1. The molecule has 0 atom stereocenters. The van der Waals surface area contributed by atoms with Crippen molar-refractivity contribution in [1.29, 1.82) is 0 Å². The fourth-order valence-corrected chi connectivity index (χ4v) is 1.77. The van der Waals surface area contributed by atoms with Gasteiger partial charge in [-0.15, -0.1) is 10.2 Å². The summed E-state index contributed by atoms with van der Waals surface area (Å²) in [6, 6.07) is 8.49. The van der Waals surface area contributed by atoms with E-state index in [1.54, 1.807) is 30.3 Å². The number of nitrogens with zero attached hydrogens (tertiary/aromatic N) is 3. The molecule has 0 unspecified atom stereocenters. The van der Waals surface area contributed by atoms with Crippen molar-refractivity contribution in [2.45, 2.75) is 0 Å². The predicted molar refractivity (Wildman–Crippen MR) is 74.7 cm³/mol. The average Bonchev–Trinajstić information content (AvgIpc) is 2.35. The minimum Gasteiger partial charge on any atom is -0.260 e. The van der Waals surface area contributed by atoms with Crippen LogP contribution in [0.3, 0.4) is 0 Å². The molecule has 7 heteroatoms. The normalized spacial score (nSPS) is 10.8. The molecule has 92 valence electrons. The van der Waals surface area contributed by atoms with Crippen LogP contribution >= 0.6 is 34.8 Å². The summed E-state index contributed by atoms with van der Waals surface area (Å²) < 4.78 is 0. The largest absolute Gasteiger partial charge is 0.260 e. The summed E-state index contributed by atoms with van der Waals surface area (Å²) in [5.41, 5.74) is 3.33. The fourth-order valence-electron chi connectivity index (χ4n) is 1.17. The van der Waals surface area contributed by atoms with E-state index in [1.807, 2.05) is 0 Å². The molecule has 0 aliphatic heterocycles. The molecule has 1 N–H and O–H groups in total. The molecule has 0 fully saturated rings. The first-order valence-electron chi connectivity index (χ1n) is 4.89. The molecule has 0 saturated heterocycles. The van der Waals surface area contributed by atoms with E-state index in [0.717, 1.165) is 0 Å². The van der Waals surface area contributed by atoms with Gasteiger partial charge in [-0.25, -0.2) is 0 Å². The van der Waals surface area contributed by atoms with E-state index in [4.69, 9.17) is 34.8 Å². The number of halogens is 3. The maximum absolute atomic E-state index is 5.98. The number of hydrazone groups is 1. The van der Waals surface area contributed by atoms with Gasteiger partial charge in [0.15, 0.2) is 11.0 Å². The quantitative estimate of drug-likeness (QED) is 0.691. The van der Waals surface area contributed by atoms with Crippen LogP contribution in [0.1, 0.15) is 5.56 Å². The van der Waals surface area contributed by atoms with E-state index in [1.165, 1.54) is 6.21 Å². The second-order valence-corrected chi connectivity index (χ2v) is 4.45. The Labute approximate surface area is 119 Å². The fraction of sp³-hybridized carbons (Fsp3) is 0. The maximum atomic E-state index is 5.98. The van der Waals surface area contributed by atoms with E-state index in [9.17, 15) is 0 Å². The lowest BCUT2D eigenvalue weighted by Gasteiger charge is -2.01. The second-order valence-electron chi connectivity index (χ2n) is 3.25. The van der Waals surface area contributed by atoms with E-state index >= 15 is 0 Å². The van der Waals surface area contributed by atoms with Gasteiger partial charge in [-0.2, -0.15) is 5.10 Å². The van der Waals surface area contributed by atoms with Crippen molar-refractivity contribution in [3.63, 3.8) is 0 Å². The molecule has 0 radical (unpaired) electrons. The van der Waals surface area contributed by atoms with Crippen molar-refractivity contribution in [2.24, 2.45) is 5.10 Å². The van der Waals surface area contributed by atoms with Gasteiger partial charge in [0.1, 0.15) is 0 Å². The Morgan fingerprint density at radius 1 is 1.00 bits per heavy atom. The van der Waals surface area contributed by atoms with Crippen LogP contribution in [-0.2, 0) is 0 Å². The van der Waals surface area contributed by atoms with E-state index in [-0.39, 0.29) is 0 Å². The van der Waals surface area contributed by atoms with Gasteiger partial charge in [-0.1, -0.05) is 40.9 Å². The van der Waals surface area contributed by atoms with E-state index in [0.29, 0.717) is 26.6 Å². The molecule has 2 aromatic rings. The van der Waals surface area contributed by atoms with Crippen LogP contribution in [0, 0.1) is 0 Å². The molecule has 0 bridgehead atoms. The lowest BCUT2D eigenvalue weighted by molar-refractivity contribution is 1.02. The van der Waals surface area contributed by atoms with Crippen LogP contribution in [0.25, 0.3) is 0 Å². The Hall–Kier alpha value is -1.36. The number of aromatic nitrogens is 2. The molecule has 0 aliphatic carbocycles. The standard InChI is InChI=1S/C11H7Cl3N4/c12-8-2-1-3-9(13)7(8)6-15-17-11-5-4-10(14)16-18-11/h1-6H,(H,17,18)/b15-6-. The first-order chi connectivity index (χ1) is 8.66. The van der Waals surface area contributed by atoms with Crippen molar-refractivity contribution in [2.75, 3.05) is 5.43 Å². The Morgan fingerprint density at radius 2 is 1.72 bits per heavy atom. The third-order valence-corrected chi connectivity index (χ3v) is 2.87. The van der Waals surface area contributed by atoms with Crippen molar-refractivity contribution in [1.82, 2.24) is 10.2 Å². The zero-order valence-electron chi connectivity index (χ0n) is 8.94. The van der Waals surface area contributed by atoms with Crippen molar-refractivity contribution in [3.05, 3.63) is 51.1 Å². The molecular formula is C11H7Cl3N4. The molecule has 1 aromatic carbocycles. The molecule has 0 aliphatic rings. The maximum Gasteiger partial charge on any atom is 0.168 e. The Kier molecular flexibility index (Phi) is 4.36. The lowest BCUT2D eigenvalue weighted by atomic mass is 10.2. The van der Waals surface area contributed by atoms with Gasteiger partial charge in [-0.05, 0) is 24.3 Å². The minimum absolute atomic E-state index is 0.318.